The van der Waals surface area contributed by atoms with Crippen molar-refractivity contribution in [1.29, 1.82) is 0 Å². The number of nitrogens with zero attached hydrogens (tertiary/aromatic N) is 2. The van der Waals surface area contributed by atoms with Gasteiger partial charge in [-0.1, -0.05) is 41.1 Å². The molecule has 0 aliphatic carbocycles. The highest BCUT2D eigenvalue weighted by atomic mass is 35.5. The third-order valence-electron chi connectivity index (χ3n) is 4.14. The van der Waals surface area contributed by atoms with E-state index in [1.54, 1.807) is 23.1 Å². The molecule has 2 aromatic carbocycles. The van der Waals surface area contributed by atoms with Gasteiger partial charge in [-0.15, -0.1) is 0 Å². The van der Waals surface area contributed by atoms with Crippen molar-refractivity contribution in [2.75, 3.05) is 16.8 Å². The number of rotatable bonds is 3. The van der Waals surface area contributed by atoms with Crippen molar-refractivity contribution >= 4 is 55.8 Å². The van der Waals surface area contributed by atoms with Crippen molar-refractivity contribution in [2.24, 2.45) is 5.92 Å². The summed E-state index contributed by atoms with van der Waals surface area (Å²) in [5.41, 5.74) is 1.57. The second-order valence-electron chi connectivity index (χ2n) is 5.86. The van der Waals surface area contributed by atoms with Gasteiger partial charge in [-0.25, -0.2) is 4.98 Å². The number of aromatic nitrogens is 1. The largest absolute Gasteiger partial charge is 0.312 e. The van der Waals surface area contributed by atoms with E-state index < -0.39 is 5.92 Å². The van der Waals surface area contributed by atoms with Crippen LogP contribution < -0.4 is 10.2 Å². The summed E-state index contributed by atoms with van der Waals surface area (Å²) in [5, 5.41) is 3.96. The summed E-state index contributed by atoms with van der Waals surface area (Å²) in [6, 6.07) is 14.8. The molecule has 0 spiro atoms. The fourth-order valence-electron chi connectivity index (χ4n) is 2.91. The second-order valence-corrected chi connectivity index (χ2v) is 7.33. The predicted octanol–water partition coefficient (Wildman–Crippen LogP) is 3.94. The van der Waals surface area contributed by atoms with Crippen LogP contribution in [-0.4, -0.2) is 23.3 Å². The Morgan fingerprint density at radius 2 is 2.08 bits per heavy atom. The van der Waals surface area contributed by atoms with E-state index in [0.29, 0.717) is 22.4 Å². The first-order valence-electron chi connectivity index (χ1n) is 7.82. The van der Waals surface area contributed by atoms with Gasteiger partial charge in [-0.05, 0) is 30.3 Å². The van der Waals surface area contributed by atoms with Gasteiger partial charge in [0, 0.05) is 23.7 Å². The highest BCUT2D eigenvalue weighted by molar-refractivity contribution is 7.22. The molecule has 1 fully saturated rings. The number of thiazole rings is 1. The number of halogens is 1. The van der Waals surface area contributed by atoms with Crippen molar-refractivity contribution in [3.05, 3.63) is 53.6 Å². The van der Waals surface area contributed by atoms with E-state index in [1.807, 2.05) is 30.3 Å². The van der Waals surface area contributed by atoms with Crippen LogP contribution in [0.25, 0.3) is 10.2 Å². The summed E-state index contributed by atoms with van der Waals surface area (Å²) < 4.78 is 1.01. The number of amides is 2. The number of carbonyl (C=O) groups excluding carboxylic acids is 2. The summed E-state index contributed by atoms with van der Waals surface area (Å²) in [6.45, 7) is 0.343. The maximum absolute atomic E-state index is 12.5. The number of carbonyl (C=O) groups is 2. The van der Waals surface area contributed by atoms with Gasteiger partial charge in [0.2, 0.25) is 11.8 Å². The van der Waals surface area contributed by atoms with E-state index >= 15 is 0 Å². The number of para-hydroxylation sites is 1. The zero-order chi connectivity index (χ0) is 17.4. The molecule has 2 amide bonds. The molecule has 1 aromatic heterocycles. The number of benzene rings is 2. The standard InChI is InChI=1S/C18H14ClN3O2S/c19-12-4-3-5-13(9-12)22-10-11(8-16(22)23)17(24)21-18-20-14-6-1-2-7-15(14)25-18/h1-7,9,11H,8,10H2,(H,20,21,24)/t11-/m0/s1. The second kappa shape index (κ2) is 6.46. The van der Waals surface area contributed by atoms with Crippen molar-refractivity contribution in [3.8, 4) is 0 Å². The first-order valence-corrected chi connectivity index (χ1v) is 9.02. The highest BCUT2D eigenvalue weighted by Gasteiger charge is 2.35. The molecule has 4 rings (SSSR count). The Hall–Kier alpha value is -2.44. The molecule has 1 aliphatic heterocycles. The topological polar surface area (TPSA) is 62.3 Å². The maximum Gasteiger partial charge on any atom is 0.231 e. The number of hydrogen-bond donors (Lipinski definition) is 1. The van der Waals surface area contributed by atoms with Crippen LogP contribution in [0.3, 0.4) is 0 Å². The minimum atomic E-state index is -0.404. The third kappa shape index (κ3) is 3.23. The van der Waals surface area contributed by atoms with E-state index in [-0.39, 0.29) is 18.2 Å². The molecule has 1 N–H and O–H groups in total. The Kier molecular flexibility index (Phi) is 4.15. The van der Waals surface area contributed by atoms with Crippen LogP contribution in [-0.2, 0) is 9.59 Å². The van der Waals surface area contributed by atoms with Crippen molar-refractivity contribution in [3.63, 3.8) is 0 Å². The molecule has 0 radical (unpaired) electrons. The number of anilines is 2. The molecule has 126 valence electrons. The summed E-state index contributed by atoms with van der Waals surface area (Å²) in [7, 11) is 0. The number of hydrogen-bond acceptors (Lipinski definition) is 4. The van der Waals surface area contributed by atoms with Crippen LogP contribution in [0.2, 0.25) is 5.02 Å². The summed E-state index contributed by atoms with van der Waals surface area (Å²) in [6.07, 6.45) is 0.184. The number of nitrogens with one attached hydrogen (secondary N) is 1. The third-order valence-corrected chi connectivity index (χ3v) is 5.33. The van der Waals surface area contributed by atoms with E-state index in [0.717, 1.165) is 10.2 Å². The van der Waals surface area contributed by atoms with Gasteiger partial charge >= 0.3 is 0 Å². The molecule has 5 nitrogen and oxygen atoms in total. The zero-order valence-corrected chi connectivity index (χ0v) is 14.7. The smallest absolute Gasteiger partial charge is 0.231 e. The summed E-state index contributed by atoms with van der Waals surface area (Å²) in [5.74, 6) is -0.665. The minimum absolute atomic E-state index is 0.0771. The molecule has 0 bridgehead atoms. The molecular formula is C18H14ClN3O2S. The minimum Gasteiger partial charge on any atom is -0.312 e. The Morgan fingerprint density at radius 1 is 1.24 bits per heavy atom. The highest BCUT2D eigenvalue weighted by Crippen LogP contribution is 2.29. The molecule has 1 aliphatic rings. The lowest BCUT2D eigenvalue weighted by molar-refractivity contribution is -0.122. The molecule has 7 heteroatoms. The molecular weight excluding hydrogens is 358 g/mol. The normalized spacial score (nSPS) is 17.2. The van der Waals surface area contributed by atoms with Crippen molar-refractivity contribution in [1.82, 2.24) is 4.98 Å². The van der Waals surface area contributed by atoms with Crippen molar-refractivity contribution < 1.29 is 9.59 Å². The Bertz CT molecular complexity index is 939. The first kappa shape index (κ1) is 16.1. The molecule has 1 atom stereocenters. The lowest BCUT2D eigenvalue weighted by Gasteiger charge is -2.16. The van der Waals surface area contributed by atoms with Gasteiger partial charge in [-0.3, -0.25) is 9.59 Å². The molecule has 3 aromatic rings. The Morgan fingerprint density at radius 3 is 2.88 bits per heavy atom. The molecule has 2 heterocycles. The van der Waals surface area contributed by atoms with Crippen molar-refractivity contribution in [2.45, 2.75) is 6.42 Å². The number of fused-ring (bicyclic) bond motifs is 1. The van der Waals surface area contributed by atoms with E-state index in [1.165, 1.54) is 11.3 Å². The lowest BCUT2D eigenvalue weighted by atomic mass is 10.1. The van der Waals surface area contributed by atoms with E-state index in [9.17, 15) is 9.59 Å². The van der Waals surface area contributed by atoms with Crippen LogP contribution in [0.5, 0.6) is 0 Å². The van der Waals surface area contributed by atoms with Gasteiger partial charge in [0.05, 0.1) is 16.1 Å². The average Bonchev–Trinajstić information content (AvgIpc) is 3.17. The van der Waals surface area contributed by atoms with Gasteiger partial charge in [-0.2, -0.15) is 0 Å². The molecule has 1 saturated heterocycles. The average molecular weight is 372 g/mol. The van der Waals surface area contributed by atoms with Gasteiger partial charge in [0.15, 0.2) is 5.13 Å². The fourth-order valence-corrected chi connectivity index (χ4v) is 3.96. The zero-order valence-electron chi connectivity index (χ0n) is 13.1. The van der Waals surface area contributed by atoms with Crippen LogP contribution in [0, 0.1) is 5.92 Å². The molecule has 0 saturated carbocycles. The van der Waals surface area contributed by atoms with Gasteiger partial charge in [0.25, 0.3) is 0 Å². The lowest BCUT2D eigenvalue weighted by Crippen LogP contribution is -2.28. The summed E-state index contributed by atoms with van der Waals surface area (Å²) in [4.78, 5) is 30.8. The van der Waals surface area contributed by atoms with Crippen LogP contribution >= 0.6 is 22.9 Å². The van der Waals surface area contributed by atoms with E-state index in [4.69, 9.17) is 11.6 Å². The molecule has 25 heavy (non-hydrogen) atoms. The van der Waals surface area contributed by atoms with Gasteiger partial charge < -0.3 is 10.2 Å². The summed E-state index contributed by atoms with van der Waals surface area (Å²) >= 11 is 7.42. The monoisotopic (exact) mass is 371 g/mol. The quantitative estimate of drug-likeness (QED) is 0.758. The fraction of sp³-hybridized carbons (Fsp3) is 0.167. The Balaban J connectivity index is 1.48. The molecule has 0 unspecified atom stereocenters. The van der Waals surface area contributed by atoms with Crippen LogP contribution in [0.1, 0.15) is 6.42 Å². The van der Waals surface area contributed by atoms with Crippen LogP contribution in [0.15, 0.2) is 48.5 Å². The maximum atomic E-state index is 12.5. The SMILES string of the molecule is O=C(Nc1nc2ccccc2s1)[C@H]1CC(=O)N(c2cccc(Cl)c2)C1. The predicted molar refractivity (Wildman–Crippen MR) is 100 cm³/mol. The Labute approximate surface area is 153 Å². The van der Waals surface area contributed by atoms with Gasteiger partial charge in [0.1, 0.15) is 0 Å². The van der Waals surface area contributed by atoms with E-state index in [2.05, 4.69) is 10.3 Å². The van der Waals surface area contributed by atoms with Crippen LogP contribution in [0.4, 0.5) is 10.8 Å². The first-order chi connectivity index (χ1) is 12.1.